The first-order valence-electron chi connectivity index (χ1n) is 5.03. The van der Waals surface area contributed by atoms with Crippen molar-refractivity contribution in [3.05, 3.63) is 17.3 Å². The Kier molecular flexibility index (Phi) is 4.38. The minimum Gasteiger partial charge on any atom is -0.476 e. The van der Waals surface area contributed by atoms with Crippen molar-refractivity contribution in [3.8, 4) is 5.88 Å². The summed E-state index contributed by atoms with van der Waals surface area (Å²) in [5.41, 5.74) is 5.84. The molecule has 0 atom stereocenters. The van der Waals surface area contributed by atoms with Gasteiger partial charge in [-0.3, -0.25) is 0 Å². The molecule has 0 saturated carbocycles. The Bertz CT molecular complexity index is 356. The fraction of sp³-hybridized carbons (Fsp3) is 0.545. The number of hydrogen-bond acceptors (Lipinski definition) is 4. The summed E-state index contributed by atoms with van der Waals surface area (Å²) in [5, 5.41) is 0.426. The molecule has 0 aromatic carbocycles. The summed E-state index contributed by atoms with van der Waals surface area (Å²) in [6, 6.07) is 1.62. The lowest BCUT2D eigenvalue weighted by atomic mass is 10.1. The second-order valence-electron chi connectivity index (χ2n) is 4.12. The Morgan fingerprint density at radius 3 is 2.75 bits per heavy atom. The zero-order valence-electron chi connectivity index (χ0n) is 9.79. The second-order valence-corrected chi connectivity index (χ2v) is 4.53. The molecule has 0 spiro atoms. The van der Waals surface area contributed by atoms with Crippen LogP contribution in [0.25, 0.3) is 0 Å². The Labute approximate surface area is 101 Å². The predicted molar refractivity (Wildman–Crippen MR) is 64.9 cm³/mol. The van der Waals surface area contributed by atoms with E-state index >= 15 is 0 Å². The van der Waals surface area contributed by atoms with Crippen LogP contribution in [-0.4, -0.2) is 24.3 Å². The lowest BCUT2D eigenvalue weighted by Gasteiger charge is -2.22. The van der Waals surface area contributed by atoms with E-state index in [2.05, 4.69) is 4.98 Å². The van der Waals surface area contributed by atoms with Gasteiger partial charge in [0, 0.05) is 13.5 Å². The molecule has 1 aromatic heterocycles. The number of pyridine rings is 1. The van der Waals surface area contributed by atoms with Gasteiger partial charge in [-0.1, -0.05) is 11.6 Å². The maximum absolute atomic E-state index is 5.91. The van der Waals surface area contributed by atoms with Gasteiger partial charge in [0.2, 0.25) is 5.88 Å². The van der Waals surface area contributed by atoms with E-state index < -0.39 is 0 Å². The molecule has 0 fully saturated rings. The van der Waals surface area contributed by atoms with Gasteiger partial charge in [-0.2, -0.15) is 0 Å². The molecule has 0 saturated heterocycles. The van der Waals surface area contributed by atoms with Crippen LogP contribution in [-0.2, 0) is 4.74 Å². The summed E-state index contributed by atoms with van der Waals surface area (Å²) in [6.45, 7) is 4.49. The average Bonchev–Trinajstić information content (AvgIpc) is 2.21. The number of aromatic nitrogens is 1. The third-order valence-corrected chi connectivity index (χ3v) is 2.59. The molecular formula is C11H17ClN2O2. The summed E-state index contributed by atoms with van der Waals surface area (Å²) < 4.78 is 10.7. The van der Waals surface area contributed by atoms with Crippen LogP contribution in [0.2, 0.25) is 5.02 Å². The molecular weight excluding hydrogens is 228 g/mol. The maximum atomic E-state index is 5.91. The van der Waals surface area contributed by atoms with Gasteiger partial charge in [-0.15, -0.1) is 0 Å². The predicted octanol–water partition coefficient (Wildman–Crippen LogP) is 2.51. The van der Waals surface area contributed by atoms with Crippen LogP contribution in [0.3, 0.4) is 0 Å². The van der Waals surface area contributed by atoms with Gasteiger partial charge >= 0.3 is 0 Å². The van der Waals surface area contributed by atoms with E-state index in [0.717, 1.165) is 6.42 Å². The van der Waals surface area contributed by atoms with Crippen LogP contribution in [0.1, 0.15) is 20.3 Å². The van der Waals surface area contributed by atoms with Crippen molar-refractivity contribution in [2.75, 3.05) is 19.5 Å². The first kappa shape index (κ1) is 13.1. The highest BCUT2D eigenvalue weighted by atomic mass is 35.5. The minimum atomic E-state index is -0.208. The molecule has 0 aliphatic carbocycles. The zero-order chi connectivity index (χ0) is 12.2. The van der Waals surface area contributed by atoms with Crippen molar-refractivity contribution in [2.24, 2.45) is 0 Å². The summed E-state index contributed by atoms with van der Waals surface area (Å²) in [6.07, 6.45) is 2.27. The second kappa shape index (κ2) is 5.37. The Morgan fingerprint density at radius 1 is 1.50 bits per heavy atom. The fourth-order valence-corrected chi connectivity index (χ4v) is 1.27. The number of methoxy groups -OCH3 is 1. The summed E-state index contributed by atoms with van der Waals surface area (Å²) in [4.78, 5) is 4.00. The molecule has 0 amide bonds. The van der Waals surface area contributed by atoms with E-state index in [-0.39, 0.29) is 5.60 Å². The Hall–Kier alpha value is -1.00. The monoisotopic (exact) mass is 244 g/mol. The molecule has 0 aliphatic heterocycles. The van der Waals surface area contributed by atoms with Gasteiger partial charge in [0.1, 0.15) is 5.02 Å². The van der Waals surface area contributed by atoms with Crippen LogP contribution in [0, 0.1) is 0 Å². The quantitative estimate of drug-likeness (QED) is 0.865. The highest BCUT2D eigenvalue weighted by Gasteiger charge is 2.16. The number of rotatable bonds is 5. The third-order valence-electron chi connectivity index (χ3n) is 2.32. The van der Waals surface area contributed by atoms with Crippen molar-refractivity contribution < 1.29 is 9.47 Å². The van der Waals surface area contributed by atoms with E-state index in [4.69, 9.17) is 26.8 Å². The number of nitrogens with zero attached hydrogens (tertiary/aromatic N) is 1. The van der Waals surface area contributed by atoms with Crippen molar-refractivity contribution >= 4 is 17.3 Å². The van der Waals surface area contributed by atoms with Gasteiger partial charge < -0.3 is 15.2 Å². The molecule has 90 valence electrons. The summed E-state index contributed by atoms with van der Waals surface area (Å²) in [7, 11) is 1.68. The average molecular weight is 245 g/mol. The van der Waals surface area contributed by atoms with Gasteiger partial charge in [0.15, 0.2) is 0 Å². The van der Waals surface area contributed by atoms with Gasteiger partial charge in [-0.25, -0.2) is 4.98 Å². The van der Waals surface area contributed by atoms with Crippen molar-refractivity contribution in [1.29, 1.82) is 0 Å². The van der Waals surface area contributed by atoms with Crippen LogP contribution < -0.4 is 10.5 Å². The maximum Gasteiger partial charge on any atom is 0.232 e. The molecule has 0 radical (unpaired) electrons. The molecule has 16 heavy (non-hydrogen) atoms. The van der Waals surface area contributed by atoms with Gasteiger partial charge in [0.25, 0.3) is 0 Å². The number of halogens is 1. The SMILES string of the molecule is COC(C)(C)CCOc1ncc(N)cc1Cl. The smallest absolute Gasteiger partial charge is 0.232 e. The standard InChI is InChI=1S/C11H17ClN2O2/c1-11(2,15-3)4-5-16-10-9(12)6-8(13)7-14-10/h6-7H,4-5,13H2,1-3H3. The molecule has 2 N–H and O–H groups in total. The Balaban J connectivity index is 2.49. The van der Waals surface area contributed by atoms with E-state index in [1.54, 1.807) is 13.2 Å². The van der Waals surface area contributed by atoms with Crippen LogP contribution in [0.4, 0.5) is 5.69 Å². The van der Waals surface area contributed by atoms with Crippen molar-refractivity contribution in [1.82, 2.24) is 4.98 Å². The fourth-order valence-electron chi connectivity index (χ4n) is 1.04. The zero-order valence-corrected chi connectivity index (χ0v) is 10.5. The number of nitrogens with two attached hydrogens (primary N) is 1. The Morgan fingerprint density at radius 2 is 2.19 bits per heavy atom. The lowest BCUT2D eigenvalue weighted by Crippen LogP contribution is -2.25. The van der Waals surface area contributed by atoms with Crippen LogP contribution in [0.5, 0.6) is 5.88 Å². The highest BCUT2D eigenvalue weighted by Crippen LogP contribution is 2.24. The van der Waals surface area contributed by atoms with Crippen molar-refractivity contribution in [3.63, 3.8) is 0 Å². The van der Waals surface area contributed by atoms with E-state index in [1.807, 2.05) is 13.8 Å². The first-order valence-corrected chi connectivity index (χ1v) is 5.41. The molecule has 5 heteroatoms. The number of hydrogen-bond donors (Lipinski definition) is 1. The molecule has 0 unspecified atom stereocenters. The van der Waals surface area contributed by atoms with E-state index in [0.29, 0.717) is 23.2 Å². The number of anilines is 1. The highest BCUT2D eigenvalue weighted by molar-refractivity contribution is 6.32. The number of nitrogen functional groups attached to an aromatic ring is 1. The third kappa shape index (κ3) is 3.87. The van der Waals surface area contributed by atoms with Crippen LogP contribution >= 0.6 is 11.6 Å². The lowest BCUT2D eigenvalue weighted by molar-refractivity contribution is 0.00509. The molecule has 0 bridgehead atoms. The molecule has 1 heterocycles. The number of ether oxygens (including phenoxy) is 2. The van der Waals surface area contributed by atoms with Crippen LogP contribution in [0.15, 0.2) is 12.3 Å². The van der Waals surface area contributed by atoms with Crippen molar-refractivity contribution in [2.45, 2.75) is 25.9 Å². The summed E-state index contributed by atoms with van der Waals surface area (Å²) >= 11 is 5.91. The topological polar surface area (TPSA) is 57.4 Å². The molecule has 4 nitrogen and oxygen atoms in total. The summed E-state index contributed by atoms with van der Waals surface area (Å²) in [5.74, 6) is 0.405. The van der Waals surface area contributed by atoms with Gasteiger partial charge in [0.05, 0.1) is 24.1 Å². The molecule has 0 aliphatic rings. The van der Waals surface area contributed by atoms with E-state index in [1.165, 1.54) is 6.20 Å². The minimum absolute atomic E-state index is 0.208. The normalized spacial score (nSPS) is 11.5. The van der Waals surface area contributed by atoms with Gasteiger partial charge in [-0.05, 0) is 19.9 Å². The molecule has 1 rings (SSSR count). The molecule has 1 aromatic rings. The largest absolute Gasteiger partial charge is 0.476 e. The first-order chi connectivity index (χ1) is 7.44. The van der Waals surface area contributed by atoms with E-state index in [9.17, 15) is 0 Å².